The fraction of sp³-hybridized carbons (Fsp3) is 0.250. The molecule has 2 aromatic carbocycles. The van der Waals surface area contributed by atoms with Crippen LogP contribution in [0.5, 0.6) is 5.75 Å². The standard InChI is InChI=1S/C16H19NO/c1-12-7-9-15(10-8-12)17(3)13(2)14-5-4-6-16(18)11-14/h4-11,13,18H,1-3H3. The zero-order valence-electron chi connectivity index (χ0n) is 11.1. The van der Waals surface area contributed by atoms with Crippen molar-refractivity contribution in [3.63, 3.8) is 0 Å². The van der Waals surface area contributed by atoms with Crippen molar-refractivity contribution in [2.45, 2.75) is 19.9 Å². The van der Waals surface area contributed by atoms with Crippen LogP contribution in [0.4, 0.5) is 5.69 Å². The Hall–Kier alpha value is -1.96. The molecule has 0 saturated heterocycles. The van der Waals surface area contributed by atoms with E-state index in [1.54, 1.807) is 6.07 Å². The monoisotopic (exact) mass is 241 g/mol. The van der Waals surface area contributed by atoms with Crippen LogP contribution in [0.15, 0.2) is 48.5 Å². The van der Waals surface area contributed by atoms with Crippen LogP contribution in [0.1, 0.15) is 24.1 Å². The Morgan fingerprint density at radius 3 is 2.33 bits per heavy atom. The summed E-state index contributed by atoms with van der Waals surface area (Å²) in [6.07, 6.45) is 0. The molecule has 2 aromatic rings. The van der Waals surface area contributed by atoms with Crippen molar-refractivity contribution in [1.29, 1.82) is 0 Å². The number of anilines is 1. The van der Waals surface area contributed by atoms with Gasteiger partial charge in [0, 0.05) is 12.7 Å². The molecule has 0 heterocycles. The minimum Gasteiger partial charge on any atom is -0.508 e. The van der Waals surface area contributed by atoms with Crippen LogP contribution in [0, 0.1) is 6.92 Å². The molecule has 2 rings (SSSR count). The highest BCUT2D eigenvalue weighted by atomic mass is 16.3. The maximum atomic E-state index is 9.53. The first-order valence-corrected chi connectivity index (χ1v) is 6.16. The van der Waals surface area contributed by atoms with E-state index in [4.69, 9.17) is 0 Å². The van der Waals surface area contributed by atoms with Crippen LogP contribution < -0.4 is 4.90 Å². The Bertz CT molecular complexity index is 519. The molecule has 0 bridgehead atoms. The lowest BCUT2D eigenvalue weighted by Gasteiger charge is -2.27. The predicted octanol–water partition coefficient (Wildman–Crippen LogP) is 3.90. The summed E-state index contributed by atoms with van der Waals surface area (Å²) >= 11 is 0. The third kappa shape index (κ3) is 2.65. The maximum absolute atomic E-state index is 9.53. The molecule has 0 aliphatic carbocycles. The first-order chi connectivity index (χ1) is 8.58. The van der Waals surface area contributed by atoms with Gasteiger partial charge in [0.2, 0.25) is 0 Å². The molecule has 0 saturated carbocycles. The number of benzene rings is 2. The van der Waals surface area contributed by atoms with Crippen LogP contribution in [0.2, 0.25) is 0 Å². The van der Waals surface area contributed by atoms with E-state index < -0.39 is 0 Å². The third-order valence-corrected chi connectivity index (χ3v) is 3.37. The van der Waals surface area contributed by atoms with Crippen molar-refractivity contribution in [2.75, 3.05) is 11.9 Å². The van der Waals surface area contributed by atoms with E-state index in [1.807, 2.05) is 18.2 Å². The molecule has 94 valence electrons. The first-order valence-electron chi connectivity index (χ1n) is 6.16. The van der Waals surface area contributed by atoms with E-state index in [-0.39, 0.29) is 6.04 Å². The quantitative estimate of drug-likeness (QED) is 0.881. The SMILES string of the molecule is Cc1ccc(N(C)C(C)c2cccc(O)c2)cc1. The summed E-state index contributed by atoms with van der Waals surface area (Å²) in [5.41, 5.74) is 3.55. The second kappa shape index (κ2) is 5.13. The molecule has 0 aliphatic rings. The van der Waals surface area contributed by atoms with E-state index in [2.05, 4.69) is 50.1 Å². The number of aromatic hydroxyl groups is 1. The Kier molecular flexibility index (Phi) is 3.56. The van der Waals surface area contributed by atoms with Gasteiger partial charge in [-0.1, -0.05) is 29.8 Å². The summed E-state index contributed by atoms with van der Waals surface area (Å²) in [6, 6.07) is 16.1. The molecule has 1 N–H and O–H groups in total. The smallest absolute Gasteiger partial charge is 0.115 e. The summed E-state index contributed by atoms with van der Waals surface area (Å²) in [5, 5.41) is 9.53. The fourth-order valence-electron chi connectivity index (χ4n) is 2.01. The molecule has 0 amide bonds. The molecule has 1 atom stereocenters. The van der Waals surface area contributed by atoms with Crippen molar-refractivity contribution in [1.82, 2.24) is 0 Å². The van der Waals surface area contributed by atoms with E-state index in [1.165, 1.54) is 11.3 Å². The number of phenols is 1. The second-order valence-electron chi connectivity index (χ2n) is 4.72. The van der Waals surface area contributed by atoms with Crippen molar-refractivity contribution < 1.29 is 5.11 Å². The number of rotatable bonds is 3. The number of nitrogens with zero attached hydrogens (tertiary/aromatic N) is 1. The zero-order valence-corrected chi connectivity index (χ0v) is 11.1. The van der Waals surface area contributed by atoms with Crippen molar-refractivity contribution in [2.24, 2.45) is 0 Å². The largest absolute Gasteiger partial charge is 0.508 e. The van der Waals surface area contributed by atoms with Gasteiger partial charge in [0.15, 0.2) is 0 Å². The highest BCUT2D eigenvalue weighted by molar-refractivity contribution is 5.49. The summed E-state index contributed by atoms with van der Waals surface area (Å²) in [6.45, 7) is 4.22. The van der Waals surface area contributed by atoms with Crippen LogP contribution in [0.3, 0.4) is 0 Å². The van der Waals surface area contributed by atoms with Crippen LogP contribution in [0.25, 0.3) is 0 Å². The minimum atomic E-state index is 0.222. The molecular formula is C16H19NO. The molecule has 0 radical (unpaired) electrons. The zero-order chi connectivity index (χ0) is 13.1. The second-order valence-corrected chi connectivity index (χ2v) is 4.72. The van der Waals surface area contributed by atoms with E-state index in [0.717, 1.165) is 5.56 Å². The molecule has 2 nitrogen and oxygen atoms in total. The lowest BCUT2D eigenvalue weighted by molar-refractivity contribution is 0.474. The molecule has 0 fully saturated rings. The molecule has 0 aromatic heterocycles. The average molecular weight is 241 g/mol. The molecule has 2 heteroatoms. The fourth-order valence-corrected chi connectivity index (χ4v) is 2.01. The average Bonchev–Trinajstić information content (AvgIpc) is 2.38. The van der Waals surface area contributed by atoms with Crippen molar-refractivity contribution >= 4 is 5.69 Å². The summed E-state index contributed by atoms with van der Waals surface area (Å²) in [4.78, 5) is 2.20. The van der Waals surface area contributed by atoms with Crippen LogP contribution in [-0.4, -0.2) is 12.2 Å². The maximum Gasteiger partial charge on any atom is 0.115 e. The van der Waals surface area contributed by atoms with E-state index in [0.29, 0.717) is 5.75 Å². The van der Waals surface area contributed by atoms with Crippen molar-refractivity contribution in [3.8, 4) is 5.75 Å². The van der Waals surface area contributed by atoms with Gasteiger partial charge in [0.25, 0.3) is 0 Å². The van der Waals surface area contributed by atoms with Gasteiger partial charge in [0.05, 0.1) is 6.04 Å². The van der Waals surface area contributed by atoms with Gasteiger partial charge in [0.1, 0.15) is 5.75 Å². The summed E-state index contributed by atoms with van der Waals surface area (Å²) in [5.74, 6) is 0.316. The number of hydrogen-bond acceptors (Lipinski definition) is 2. The lowest BCUT2D eigenvalue weighted by Crippen LogP contribution is -2.21. The van der Waals surface area contributed by atoms with Gasteiger partial charge in [-0.3, -0.25) is 0 Å². The van der Waals surface area contributed by atoms with Gasteiger partial charge < -0.3 is 10.0 Å². The van der Waals surface area contributed by atoms with Gasteiger partial charge in [-0.25, -0.2) is 0 Å². The minimum absolute atomic E-state index is 0.222. The summed E-state index contributed by atoms with van der Waals surface area (Å²) < 4.78 is 0. The Morgan fingerprint density at radius 1 is 1.06 bits per heavy atom. The topological polar surface area (TPSA) is 23.5 Å². The Morgan fingerprint density at radius 2 is 1.72 bits per heavy atom. The molecule has 0 aliphatic heterocycles. The Labute approximate surface area is 109 Å². The highest BCUT2D eigenvalue weighted by Gasteiger charge is 2.12. The van der Waals surface area contributed by atoms with Gasteiger partial charge in [-0.2, -0.15) is 0 Å². The van der Waals surface area contributed by atoms with Gasteiger partial charge in [-0.05, 0) is 43.7 Å². The Balaban J connectivity index is 2.23. The van der Waals surface area contributed by atoms with E-state index >= 15 is 0 Å². The molecule has 0 spiro atoms. The number of aryl methyl sites for hydroxylation is 1. The van der Waals surface area contributed by atoms with E-state index in [9.17, 15) is 5.11 Å². The third-order valence-electron chi connectivity index (χ3n) is 3.37. The number of hydrogen-bond donors (Lipinski definition) is 1. The van der Waals surface area contributed by atoms with Gasteiger partial charge >= 0.3 is 0 Å². The highest BCUT2D eigenvalue weighted by Crippen LogP contribution is 2.27. The normalized spacial score (nSPS) is 12.2. The first kappa shape index (κ1) is 12.5. The predicted molar refractivity (Wildman–Crippen MR) is 76.1 cm³/mol. The van der Waals surface area contributed by atoms with Crippen LogP contribution in [-0.2, 0) is 0 Å². The molecule has 18 heavy (non-hydrogen) atoms. The lowest BCUT2D eigenvalue weighted by atomic mass is 10.1. The molecule has 1 unspecified atom stereocenters. The van der Waals surface area contributed by atoms with Crippen molar-refractivity contribution in [3.05, 3.63) is 59.7 Å². The summed E-state index contributed by atoms with van der Waals surface area (Å²) in [7, 11) is 2.07. The van der Waals surface area contributed by atoms with Crippen LogP contribution >= 0.6 is 0 Å². The number of phenolic OH excluding ortho intramolecular Hbond substituents is 1. The molecular weight excluding hydrogens is 222 g/mol. The van der Waals surface area contributed by atoms with Gasteiger partial charge in [-0.15, -0.1) is 0 Å².